The highest BCUT2D eigenvalue weighted by Crippen LogP contribution is 2.33. The van der Waals surface area contributed by atoms with E-state index in [1.807, 2.05) is 24.3 Å². The van der Waals surface area contributed by atoms with Crippen LogP contribution >= 0.6 is 11.8 Å². The van der Waals surface area contributed by atoms with Gasteiger partial charge in [0.15, 0.2) is 5.82 Å². The summed E-state index contributed by atoms with van der Waals surface area (Å²) in [7, 11) is 1.78. The highest BCUT2D eigenvalue weighted by atomic mass is 32.2. The molecule has 2 rings (SSSR count). The molecule has 0 aliphatic heterocycles. The summed E-state index contributed by atoms with van der Waals surface area (Å²) in [5.74, 6) is 1.96. The van der Waals surface area contributed by atoms with Gasteiger partial charge >= 0.3 is 0 Å². The first-order chi connectivity index (χ1) is 8.70. The van der Waals surface area contributed by atoms with Gasteiger partial charge in [-0.25, -0.2) is 4.98 Å². The van der Waals surface area contributed by atoms with E-state index in [4.69, 9.17) is 11.5 Å². The summed E-state index contributed by atoms with van der Waals surface area (Å²) in [5.41, 5.74) is 13.7. The zero-order valence-electron chi connectivity index (χ0n) is 10.2. The van der Waals surface area contributed by atoms with Crippen LogP contribution in [0.2, 0.25) is 0 Å². The van der Waals surface area contributed by atoms with Crippen LogP contribution in [0.15, 0.2) is 41.3 Å². The number of rotatable bonds is 4. The summed E-state index contributed by atoms with van der Waals surface area (Å²) in [6.07, 6.45) is 0. The van der Waals surface area contributed by atoms with Gasteiger partial charge in [0.1, 0.15) is 5.82 Å². The molecule has 1 aromatic carbocycles. The Morgan fingerprint density at radius 2 is 1.94 bits per heavy atom. The maximum absolute atomic E-state index is 6.03. The van der Waals surface area contributed by atoms with E-state index in [9.17, 15) is 0 Å². The first-order valence-corrected chi connectivity index (χ1v) is 6.59. The topological polar surface area (TPSA) is 77.0 Å². The van der Waals surface area contributed by atoms with E-state index in [0.717, 1.165) is 10.6 Å². The number of hydrogen-bond donors (Lipinski definition) is 3. The second kappa shape index (κ2) is 5.64. The Bertz CT molecular complexity index is 528. The van der Waals surface area contributed by atoms with E-state index in [-0.39, 0.29) is 0 Å². The normalized spacial score (nSPS) is 10.3. The van der Waals surface area contributed by atoms with Crippen molar-refractivity contribution in [2.45, 2.75) is 10.6 Å². The van der Waals surface area contributed by atoms with Gasteiger partial charge in [-0.05, 0) is 11.6 Å². The van der Waals surface area contributed by atoms with E-state index in [2.05, 4.69) is 22.4 Å². The quantitative estimate of drug-likeness (QED) is 0.737. The number of benzene rings is 1. The number of nitrogens with one attached hydrogen (secondary N) is 1. The van der Waals surface area contributed by atoms with Crippen molar-refractivity contribution in [3.63, 3.8) is 0 Å². The van der Waals surface area contributed by atoms with Gasteiger partial charge in [-0.15, -0.1) is 11.8 Å². The molecule has 4 nitrogen and oxygen atoms in total. The number of hydrogen-bond acceptors (Lipinski definition) is 5. The standard InChI is InChI=1S/C13H16N4S/c1-16-13-12(15)10(7-11(14)17-13)18-8-9-5-3-2-4-6-9/h2-7H,8,15H2,1H3,(H3,14,16,17). The summed E-state index contributed by atoms with van der Waals surface area (Å²) in [6.45, 7) is 0. The molecule has 0 radical (unpaired) electrons. The number of nitrogens with zero attached hydrogens (tertiary/aromatic N) is 1. The lowest BCUT2D eigenvalue weighted by Gasteiger charge is -2.10. The molecule has 94 valence electrons. The Morgan fingerprint density at radius 1 is 1.22 bits per heavy atom. The minimum absolute atomic E-state index is 0.476. The van der Waals surface area contributed by atoms with Gasteiger partial charge in [0.2, 0.25) is 0 Å². The van der Waals surface area contributed by atoms with Crippen LogP contribution in [0.3, 0.4) is 0 Å². The van der Waals surface area contributed by atoms with Crippen molar-refractivity contribution < 1.29 is 0 Å². The van der Waals surface area contributed by atoms with Gasteiger partial charge < -0.3 is 16.8 Å². The van der Waals surface area contributed by atoms with Crippen molar-refractivity contribution >= 4 is 29.1 Å². The maximum Gasteiger partial charge on any atom is 0.152 e. The molecule has 0 spiro atoms. The van der Waals surface area contributed by atoms with Crippen molar-refractivity contribution in [1.82, 2.24) is 4.98 Å². The monoisotopic (exact) mass is 260 g/mol. The van der Waals surface area contributed by atoms with Gasteiger partial charge in [-0.2, -0.15) is 0 Å². The van der Waals surface area contributed by atoms with Gasteiger partial charge in [-0.3, -0.25) is 0 Å². The predicted molar refractivity (Wildman–Crippen MR) is 78.6 cm³/mol. The molecule has 0 amide bonds. The zero-order chi connectivity index (χ0) is 13.0. The fourth-order valence-electron chi connectivity index (χ4n) is 1.60. The lowest BCUT2D eigenvalue weighted by atomic mass is 10.2. The number of aromatic nitrogens is 1. The minimum atomic E-state index is 0.476. The first-order valence-electron chi connectivity index (χ1n) is 5.61. The van der Waals surface area contributed by atoms with Crippen LogP contribution in [0.5, 0.6) is 0 Å². The lowest BCUT2D eigenvalue weighted by Crippen LogP contribution is -2.03. The molecular weight excluding hydrogens is 244 g/mol. The molecule has 5 N–H and O–H groups in total. The molecule has 0 atom stereocenters. The summed E-state index contributed by atoms with van der Waals surface area (Å²) in [6, 6.07) is 12.0. The second-order valence-electron chi connectivity index (χ2n) is 3.83. The SMILES string of the molecule is CNc1nc(N)cc(SCc2ccccc2)c1N. The third kappa shape index (κ3) is 2.87. The van der Waals surface area contributed by atoms with Crippen LogP contribution in [0, 0.1) is 0 Å². The Balaban J connectivity index is 2.17. The van der Waals surface area contributed by atoms with Crippen molar-refractivity contribution in [3.8, 4) is 0 Å². The van der Waals surface area contributed by atoms with Crippen molar-refractivity contribution in [2.75, 3.05) is 23.8 Å². The van der Waals surface area contributed by atoms with E-state index in [1.165, 1.54) is 5.56 Å². The molecule has 0 saturated heterocycles. The van der Waals surface area contributed by atoms with Crippen molar-refractivity contribution in [2.24, 2.45) is 0 Å². The lowest BCUT2D eigenvalue weighted by molar-refractivity contribution is 1.25. The Hall–Kier alpha value is -1.88. The predicted octanol–water partition coefficient (Wildman–Crippen LogP) is 2.58. The highest BCUT2D eigenvalue weighted by Gasteiger charge is 2.08. The smallest absolute Gasteiger partial charge is 0.152 e. The Labute approximate surface area is 111 Å². The fraction of sp³-hybridized carbons (Fsp3) is 0.154. The molecule has 0 saturated carbocycles. The summed E-state index contributed by atoms with van der Waals surface area (Å²) in [5, 5.41) is 2.95. The molecule has 2 aromatic rings. The molecule has 0 fully saturated rings. The van der Waals surface area contributed by atoms with Gasteiger partial charge in [0.25, 0.3) is 0 Å². The second-order valence-corrected chi connectivity index (χ2v) is 4.85. The number of thioether (sulfide) groups is 1. The third-order valence-electron chi connectivity index (χ3n) is 2.51. The number of nitrogen functional groups attached to an aromatic ring is 2. The average molecular weight is 260 g/mol. The van der Waals surface area contributed by atoms with E-state index in [1.54, 1.807) is 18.8 Å². The summed E-state index contributed by atoms with van der Waals surface area (Å²) >= 11 is 1.66. The van der Waals surface area contributed by atoms with Crippen molar-refractivity contribution in [3.05, 3.63) is 42.0 Å². The number of anilines is 3. The van der Waals surface area contributed by atoms with Crippen molar-refractivity contribution in [1.29, 1.82) is 0 Å². The van der Waals surface area contributed by atoms with E-state index < -0.39 is 0 Å². The minimum Gasteiger partial charge on any atom is -0.395 e. The number of pyridine rings is 1. The molecule has 1 heterocycles. The average Bonchev–Trinajstić information content (AvgIpc) is 2.40. The molecule has 0 bridgehead atoms. The maximum atomic E-state index is 6.03. The van der Waals surface area contributed by atoms with Crippen LogP contribution < -0.4 is 16.8 Å². The molecule has 5 heteroatoms. The molecule has 0 aliphatic rings. The number of nitrogens with two attached hydrogens (primary N) is 2. The van der Waals surface area contributed by atoms with E-state index in [0.29, 0.717) is 17.3 Å². The van der Waals surface area contributed by atoms with Crippen LogP contribution in [0.4, 0.5) is 17.3 Å². The molecule has 1 aromatic heterocycles. The third-order valence-corrected chi connectivity index (χ3v) is 3.64. The fourth-order valence-corrected chi connectivity index (χ4v) is 2.57. The first kappa shape index (κ1) is 12.6. The Morgan fingerprint density at radius 3 is 2.61 bits per heavy atom. The Kier molecular flexibility index (Phi) is 3.94. The largest absolute Gasteiger partial charge is 0.395 e. The van der Waals surface area contributed by atoms with E-state index >= 15 is 0 Å². The van der Waals surface area contributed by atoms with Crippen LogP contribution in [0.1, 0.15) is 5.56 Å². The molecule has 0 aliphatic carbocycles. The van der Waals surface area contributed by atoms with Gasteiger partial charge in [0.05, 0.1) is 5.69 Å². The van der Waals surface area contributed by atoms with Gasteiger partial charge in [-0.1, -0.05) is 30.3 Å². The molecular formula is C13H16N4S. The van der Waals surface area contributed by atoms with Crippen LogP contribution in [-0.2, 0) is 5.75 Å². The zero-order valence-corrected chi connectivity index (χ0v) is 11.0. The van der Waals surface area contributed by atoms with Crippen LogP contribution in [0.25, 0.3) is 0 Å². The molecule has 0 unspecified atom stereocenters. The van der Waals surface area contributed by atoms with Crippen LogP contribution in [-0.4, -0.2) is 12.0 Å². The molecule has 18 heavy (non-hydrogen) atoms. The summed E-state index contributed by atoms with van der Waals surface area (Å²) in [4.78, 5) is 5.09. The summed E-state index contributed by atoms with van der Waals surface area (Å²) < 4.78 is 0. The highest BCUT2D eigenvalue weighted by molar-refractivity contribution is 7.98. The van der Waals surface area contributed by atoms with Gasteiger partial charge in [0, 0.05) is 17.7 Å².